The minimum absolute atomic E-state index is 0.315. The van der Waals surface area contributed by atoms with Crippen molar-refractivity contribution in [2.75, 3.05) is 26.6 Å². The number of rotatable bonds is 8. The van der Waals surface area contributed by atoms with Crippen LogP contribution in [0.2, 0.25) is 0 Å². The lowest BCUT2D eigenvalue weighted by Crippen LogP contribution is -2.13. The second-order valence-corrected chi connectivity index (χ2v) is 6.64. The first kappa shape index (κ1) is 21.0. The Labute approximate surface area is 176 Å². The lowest BCUT2D eigenvalue weighted by Gasteiger charge is -2.17. The van der Waals surface area contributed by atoms with E-state index >= 15 is 0 Å². The van der Waals surface area contributed by atoms with E-state index in [0.29, 0.717) is 40.9 Å². The van der Waals surface area contributed by atoms with Crippen molar-refractivity contribution in [2.24, 2.45) is 0 Å². The molecule has 30 heavy (non-hydrogen) atoms. The Kier molecular flexibility index (Phi) is 6.80. The molecule has 3 aromatic rings. The highest BCUT2D eigenvalue weighted by Gasteiger charge is 2.19. The zero-order valence-electron chi connectivity index (χ0n) is 17.5. The van der Waals surface area contributed by atoms with Crippen LogP contribution in [0.1, 0.15) is 21.5 Å². The quantitative estimate of drug-likeness (QED) is 0.578. The molecule has 1 amide bonds. The predicted molar refractivity (Wildman–Crippen MR) is 116 cm³/mol. The number of carbonyl (C=O) groups is 1. The molecule has 1 N–H and O–H groups in total. The number of aryl methyl sites for hydroxylation is 1. The van der Waals surface area contributed by atoms with Crippen LogP contribution in [0.5, 0.6) is 23.0 Å². The number of amides is 1. The number of anilines is 1. The first-order chi connectivity index (χ1) is 14.5. The number of hydrogen-bond acceptors (Lipinski definition) is 5. The van der Waals surface area contributed by atoms with Crippen molar-refractivity contribution in [2.45, 2.75) is 13.5 Å². The fraction of sp³-hybridized carbons (Fsp3) is 0.208. The van der Waals surface area contributed by atoms with Gasteiger partial charge in [0.05, 0.1) is 27.0 Å². The lowest BCUT2D eigenvalue weighted by atomic mass is 10.1. The van der Waals surface area contributed by atoms with Gasteiger partial charge in [-0.3, -0.25) is 4.79 Å². The maximum atomic E-state index is 12.9. The molecular weight excluding hydrogens is 382 g/mol. The summed E-state index contributed by atoms with van der Waals surface area (Å²) in [5.41, 5.74) is 2.98. The van der Waals surface area contributed by atoms with Gasteiger partial charge >= 0.3 is 0 Å². The molecule has 0 spiro atoms. The van der Waals surface area contributed by atoms with Gasteiger partial charge in [0.25, 0.3) is 5.91 Å². The molecule has 0 aliphatic carbocycles. The molecule has 0 aliphatic heterocycles. The second-order valence-electron chi connectivity index (χ2n) is 6.64. The zero-order valence-corrected chi connectivity index (χ0v) is 17.5. The summed E-state index contributed by atoms with van der Waals surface area (Å²) in [7, 11) is 4.61. The molecule has 3 aromatic carbocycles. The summed E-state index contributed by atoms with van der Waals surface area (Å²) in [6.07, 6.45) is 0. The Morgan fingerprint density at radius 2 is 1.47 bits per heavy atom. The average Bonchev–Trinajstić information content (AvgIpc) is 2.77. The summed E-state index contributed by atoms with van der Waals surface area (Å²) >= 11 is 0. The Morgan fingerprint density at radius 3 is 2.07 bits per heavy atom. The van der Waals surface area contributed by atoms with E-state index in [1.165, 1.54) is 14.2 Å². The molecule has 156 valence electrons. The zero-order chi connectivity index (χ0) is 21.5. The van der Waals surface area contributed by atoms with Crippen molar-refractivity contribution in [3.8, 4) is 23.0 Å². The maximum Gasteiger partial charge on any atom is 0.256 e. The van der Waals surface area contributed by atoms with Crippen LogP contribution in [-0.2, 0) is 6.61 Å². The van der Waals surface area contributed by atoms with Crippen molar-refractivity contribution >= 4 is 11.6 Å². The van der Waals surface area contributed by atoms with E-state index in [2.05, 4.69) is 5.32 Å². The van der Waals surface area contributed by atoms with E-state index < -0.39 is 0 Å². The molecule has 0 radical (unpaired) electrons. The van der Waals surface area contributed by atoms with Crippen molar-refractivity contribution < 1.29 is 23.7 Å². The largest absolute Gasteiger partial charge is 0.495 e. The van der Waals surface area contributed by atoms with Gasteiger partial charge in [-0.05, 0) is 42.3 Å². The van der Waals surface area contributed by atoms with Crippen molar-refractivity contribution in [1.29, 1.82) is 0 Å². The second kappa shape index (κ2) is 9.69. The molecule has 0 aromatic heterocycles. The average molecular weight is 407 g/mol. The third kappa shape index (κ3) is 4.84. The van der Waals surface area contributed by atoms with E-state index in [1.54, 1.807) is 19.2 Å². The Morgan fingerprint density at radius 1 is 0.833 bits per heavy atom. The highest BCUT2D eigenvalue weighted by atomic mass is 16.5. The van der Waals surface area contributed by atoms with Gasteiger partial charge in [0.2, 0.25) is 5.75 Å². The summed E-state index contributed by atoms with van der Waals surface area (Å²) in [4.78, 5) is 12.9. The van der Waals surface area contributed by atoms with Crippen molar-refractivity contribution in [3.05, 3.63) is 77.4 Å². The summed E-state index contributed by atoms with van der Waals surface area (Å²) in [5.74, 6) is 1.52. The van der Waals surface area contributed by atoms with Gasteiger partial charge < -0.3 is 24.3 Å². The SMILES string of the molecule is COc1ccc(C)cc1NC(=O)c1cc(OC)c(OCc2ccccc2)c(OC)c1. The van der Waals surface area contributed by atoms with E-state index in [9.17, 15) is 4.79 Å². The van der Waals surface area contributed by atoms with Gasteiger partial charge in [-0.15, -0.1) is 0 Å². The Bertz CT molecular complexity index is 992. The number of hydrogen-bond donors (Lipinski definition) is 1. The van der Waals surface area contributed by atoms with Gasteiger partial charge in [0.1, 0.15) is 12.4 Å². The van der Waals surface area contributed by atoms with Crippen LogP contribution >= 0.6 is 0 Å². The van der Waals surface area contributed by atoms with Gasteiger partial charge in [-0.2, -0.15) is 0 Å². The van der Waals surface area contributed by atoms with Crippen molar-refractivity contribution in [1.82, 2.24) is 0 Å². The summed E-state index contributed by atoms with van der Waals surface area (Å²) in [6.45, 7) is 2.29. The molecule has 0 bridgehead atoms. The van der Waals surface area contributed by atoms with Crippen LogP contribution < -0.4 is 24.3 Å². The van der Waals surface area contributed by atoms with E-state index in [4.69, 9.17) is 18.9 Å². The number of carbonyl (C=O) groups excluding carboxylic acids is 1. The molecule has 6 nitrogen and oxygen atoms in total. The molecule has 0 aliphatic rings. The van der Waals surface area contributed by atoms with Crippen molar-refractivity contribution in [3.63, 3.8) is 0 Å². The van der Waals surface area contributed by atoms with Gasteiger partial charge in [0, 0.05) is 5.56 Å². The van der Waals surface area contributed by atoms with Crippen LogP contribution in [0.4, 0.5) is 5.69 Å². The molecule has 6 heteroatoms. The molecule has 0 unspecified atom stereocenters. The van der Waals surface area contributed by atoms with Crippen LogP contribution in [-0.4, -0.2) is 27.2 Å². The number of methoxy groups -OCH3 is 3. The normalized spacial score (nSPS) is 10.3. The van der Waals surface area contributed by atoms with Crippen LogP contribution in [0, 0.1) is 6.92 Å². The van der Waals surface area contributed by atoms with E-state index in [1.807, 2.05) is 55.5 Å². The highest BCUT2D eigenvalue weighted by molar-refractivity contribution is 6.05. The highest BCUT2D eigenvalue weighted by Crippen LogP contribution is 2.39. The van der Waals surface area contributed by atoms with E-state index in [-0.39, 0.29) is 5.91 Å². The minimum Gasteiger partial charge on any atom is -0.495 e. The maximum absolute atomic E-state index is 12.9. The number of benzene rings is 3. The predicted octanol–water partition coefficient (Wildman–Crippen LogP) is 4.85. The standard InChI is InChI=1S/C24H25NO5/c1-16-10-11-20(27-2)19(12-16)25-24(26)18-13-21(28-3)23(22(14-18)29-4)30-15-17-8-6-5-7-9-17/h5-14H,15H2,1-4H3,(H,25,26). The Hall–Kier alpha value is -3.67. The first-order valence-electron chi connectivity index (χ1n) is 9.44. The molecule has 0 saturated heterocycles. The summed E-state index contributed by atoms with van der Waals surface area (Å²) in [5, 5.41) is 2.88. The van der Waals surface area contributed by atoms with E-state index in [0.717, 1.165) is 11.1 Å². The smallest absolute Gasteiger partial charge is 0.256 e. The molecule has 0 atom stereocenters. The summed E-state index contributed by atoms with van der Waals surface area (Å²) < 4.78 is 22.2. The first-order valence-corrected chi connectivity index (χ1v) is 9.44. The minimum atomic E-state index is -0.315. The molecule has 0 heterocycles. The third-order valence-corrected chi connectivity index (χ3v) is 4.55. The monoisotopic (exact) mass is 407 g/mol. The van der Waals surface area contributed by atoms with Crippen LogP contribution in [0.15, 0.2) is 60.7 Å². The van der Waals surface area contributed by atoms with Crippen LogP contribution in [0.3, 0.4) is 0 Å². The lowest BCUT2D eigenvalue weighted by molar-refractivity contribution is 0.102. The molecule has 0 saturated carbocycles. The van der Waals surface area contributed by atoms with Gasteiger partial charge in [0.15, 0.2) is 11.5 Å². The Balaban J connectivity index is 1.87. The third-order valence-electron chi connectivity index (χ3n) is 4.55. The fourth-order valence-corrected chi connectivity index (χ4v) is 3.00. The number of nitrogens with one attached hydrogen (secondary N) is 1. The fourth-order valence-electron chi connectivity index (χ4n) is 3.00. The van der Waals surface area contributed by atoms with Crippen LogP contribution in [0.25, 0.3) is 0 Å². The van der Waals surface area contributed by atoms with Gasteiger partial charge in [-0.1, -0.05) is 36.4 Å². The molecule has 0 fully saturated rings. The molecular formula is C24H25NO5. The van der Waals surface area contributed by atoms with Gasteiger partial charge in [-0.25, -0.2) is 0 Å². The number of ether oxygens (including phenoxy) is 4. The summed E-state index contributed by atoms with van der Waals surface area (Å²) in [6, 6.07) is 18.6. The molecule has 3 rings (SSSR count). The topological polar surface area (TPSA) is 66.0 Å².